The number of carboxylic acid groups (broad SMARTS) is 2. The molecule has 0 atom stereocenters. The summed E-state index contributed by atoms with van der Waals surface area (Å²) in [6.07, 6.45) is 0. The van der Waals surface area contributed by atoms with Crippen molar-refractivity contribution in [3.8, 4) is 0 Å². The molecule has 0 heterocycles. The molecular formula is C29H25Cl2N2NaO4. The summed E-state index contributed by atoms with van der Waals surface area (Å²) in [7, 11) is 0. The van der Waals surface area contributed by atoms with Gasteiger partial charge >= 0.3 is 35.5 Å². The van der Waals surface area contributed by atoms with Crippen LogP contribution in [0.15, 0.2) is 78.9 Å². The first-order valence-corrected chi connectivity index (χ1v) is 12.0. The first-order valence-electron chi connectivity index (χ1n) is 11.3. The predicted molar refractivity (Wildman–Crippen MR) is 148 cm³/mol. The molecule has 0 saturated heterocycles. The third-order valence-corrected chi connectivity index (χ3v) is 6.52. The molecule has 0 aliphatic carbocycles. The van der Waals surface area contributed by atoms with Gasteiger partial charge in [-0.05, 0) is 67.8 Å². The van der Waals surface area contributed by atoms with Gasteiger partial charge in [-0.25, -0.2) is 4.79 Å². The number of aryl methyl sites for hydroxylation is 2. The molecule has 0 radical (unpaired) electrons. The average Bonchev–Trinajstić information content (AvgIpc) is 2.88. The SMILES string of the molecule is Cc1ccc(Cl)c(Nc2ccccc2C(=O)[O-])c1Cl.Cc1cccc(Nc2ccccc2C(=O)O)c1C.[Na+]. The zero-order valence-corrected chi connectivity index (χ0v) is 24.9. The number of benzene rings is 4. The van der Waals surface area contributed by atoms with E-state index in [0.717, 1.165) is 16.8 Å². The van der Waals surface area contributed by atoms with Crippen molar-refractivity contribution in [3.63, 3.8) is 0 Å². The van der Waals surface area contributed by atoms with Gasteiger partial charge in [-0.1, -0.05) is 71.7 Å². The number of carboxylic acids is 2. The Kier molecular flexibility index (Phi) is 11.7. The van der Waals surface area contributed by atoms with Gasteiger partial charge in [0.25, 0.3) is 0 Å². The molecule has 0 amide bonds. The minimum atomic E-state index is -1.26. The van der Waals surface area contributed by atoms with Crippen LogP contribution in [0.1, 0.15) is 37.4 Å². The van der Waals surface area contributed by atoms with Crippen LogP contribution in [0.3, 0.4) is 0 Å². The van der Waals surface area contributed by atoms with E-state index >= 15 is 0 Å². The minimum Gasteiger partial charge on any atom is -0.545 e. The van der Waals surface area contributed by atoms with E-state index in [1.807, 2.05) is 45.0 Å². The summed E-state index contributed by atoms with van der Waals surface area (Å²) in [6, 6.07) is 22.7. The topological polar surface area (TPSA) is 101 Å². The van der Waals surface area contributed by atoms with E-state index in [-0.39, 0.29) is 40.7 Å². The Labute approximate surface area is 253 Å². The van der Waals surface area contributed by atoms with Crippen LogP contribution in [-0.4, -0.2) is 17.0 Å². The summed E-state index contributed by atoms with van der Waals surface area (Å²) in [5.74, 6) is -2.19. The smallest absolute Gasteiger partial charge is 0.545 e. The zero-order valence-electron chi connectivity index (χ0n) is 21.4. The Morgan fingerprint density at radius 2 is 1.26 bits per heavy atom. The number of aromatic carboxylic acids is 2. The van der Waals surface area contributed by atoms with Crippen LogP contribution in [0.25, 0.3) is 0 Å². The molecule has 4 aromatic carbocycles. The summed E-state index contributed by atoms with van der Waals surface area (Å²) in [4.78, 5) is 22.2. The fourth-order valence-electron chi connectivity index (χ4n) is 3.49. The van der Waals surface area contributed by atoms with Gasteiger partial charge in [-0.2, -0.15) is 0 Å². The van der Waals surface area contributed by atoms with Crippen molar-refractivity contribution in [3.05, 3.63) is 117 Å². The molecule has 4 rings (SSSR count). The number of nitrogens with one attached hydrogen (secondary N) is 2. The van der Waals surface area contributed by atoms with E-state index in [1.165, 1.54) is 11.6 Å². The summed E-state index contributed by atoms with van der Waals surface area (Å²) in [5.41, 5.74) is 5.89. The molecule has 0 aromatic heterocycles. The number of anilines is 4. The third-order valence-electron chi connectivity index (χ3n) is 5.72. The van der Waals surface area contributed by atoms with Crippen LogP contribution in [-0.2, 0) is 0 Å². The van der Waals surface area contributed by atoms with Gasteiger partial charge in [0.15, 0.2) is 0 Å². The Balaban J connectivity index is 0.000000260. The number of carbonyl (C=O) groups is 2. The Bertz CT molecular complexity index is 1460. The van der Waals surface area contributed by atoms with E-state index in [2.05, 4.69) is 10.6 Å². The van der Waals surface area contributed by atoms with Gasteiger partial charge < -0.3 is 25.6 Å². The van der Waals surface area contributed by atoms with Crippen LogP contribution in [0.4, 0.5) is 22.7 Å². The van der Waals surface area contributed by atoms with Gasteiger partial charge in [0.05, 0.1) is 33.0 Å². The molecule has 0 aliphatic heterocycles. The van der Waals surface area contributed by atoms with Gasteiger partial charge in [0.1, 0.15) is 0 Å². The third kappa shape index (κ3) is 7.76. The van der Waals surface area contributed by atoms with Crippen molar-refractivity contribution in [2.75, 3.05) is 10.6 Å². The van der Waals surface area contributed by atoms with E-state index in [0.29, 0.717) is 27.1 Å². The first-order chi connectivity index (χ1) is 17.6. The quantitative estimate of drug-likeness (QED) is 0.307. The molecule has 0 unspecified atom stereocenters. The number of rotatable bonds is 6. The molecule has 3 N–H and O–H groups in total. The number of hydrogen-bond acceptors (Lipinski definition) is 5. The van der Waals surface area contributed by atoms with E-state index in [9.17, 15) is 14.7 Å². The molecule has 0 fully saturated rings. The van der Waals surface area contributed by atoms with Gasteiger partial charge in [-0.3, -0.25) is 0 Å². The maximum atomic E-state index is 11.1. The first kappa shape index (κ1) is 31.2. The number of halogens is 2. The molecule has 0 bridgehead atoms. The summed E-state index contributed by atoms with van der Waals surface area (Å²) in [6.45, 7) is 5.89. The summed E-state index contributed by atoms with van der Waals surface area (Å²) < 4.78 is 0. The summed E-state index contributed by atoms with van der Waals surface area (Å²) in [5, 5.41) is 27.2. The predicted octanol–water partition coefficient (Wildman–Crippen LogP) is 4.16. The number of hydrogen-bond donors (Lipinski definition) is 3. The van der Waals surface area contributed by atoms with Crippen LogP contribution in [0.5, 0.6) is 0 Å². The Morgan fingerprint density at radius 1 is 0.711 bits per heavy atom. The molecule has 0 aliphatic rings. The normalized spacial score (nSPS) is 9.92. The fourth-order valence-corrected chi connectivity index (χ4v) is 3.95. The molecular weight excluding hydrogens is 534 g/mol. The fraction of sp³-hybridized carbons (Fsp3) is 0.103. The van der Waals surface area contributed by atoms with Crippen LogP contribution in [0, 0.1) is 20.8 Å². The van der Waals surface area contributed by atoms with Crippen LogP contribution >= 0.6 is 23.2 Å². The van der Waals surface area contributed by atoms with Crippen molar-refractivity contribution in [1.82, 2.24) is 0 Å². The monoisotopic (exact) mass is 558 g/mol. The molecule has 0 saturated carbocycles. The number of para-hydroxylation sites is 2. The van der Waals surface area contributed by atoms with Gasteiger partial charge in [0, 0.05) is 16.9 Å². The molecule has 190 valence electrons. The molecule has 6 nitrogen and oxygen atoms in total. The second-order valence-corrected chi connectivity index (χ2v) is 9.02. The van der Waals surface area contributed by atoms with Crippen molar-refractivity contribution >= 4 is 57.9 Å². The standard InChI is InChI=1S/C15H15NO2.C14H11Cl2NO2.Na/c1-10-6-5-9-13(11(10)2)16-14-8-4-3-7-12(14)15(17)18;1-8-6-7-10(15)13(12(8)16)17-11-5-3-2-4-9(11)14(18)19;/h3-9,16H,1-2H3,(H,17,18);2-7,17H,1H3,(H,18,19);/q;;+1/p-1. The van der Waals surface area contributed by atoms with Gasteiger partial charge in [0.2, 0.25) is 0 Å². The van der Waals surface area contributed by atoms with Crippen LogP contribution < -0.4 is 45.3 Å². The maximum absolute atomic E-state index is 11.1. The molecule has 4 aromatic rings. The zero-order chi connectivity index (χ0) is 27.1. The second-order valence-electron chi connectivity index (χ2n) is 8.23. The van der Waals surface area contributed by atoms with Crippen LogP contribution in [0.2, 0.25) is 10.0 Å². The second kappa shape index (κ2) is 14.2. The summed E-state index contributed by atoms with van der Waals surface area (Å²) >= 11 is 12.2. The van der Waals surface area contributed by atoms with Gasteiger partial charge in [-0.15, -0.1) is 0 Å². The van der Waals surface area contributed by atoms with Crippen molar-refractivity contribution in [1.29, 1.82) is 0 Å². The van der Waals surface area contributed by atoms with E-state index in [4.69, 9.17) is 28.3 Å². The number of carbonyl (C=O) groups excluding carboxylic acids is 1. The Morgan fingerprint density at radius 3 is 1.87 bits per heavy atom. The minimum absolute atomic E-state index is 0. The molecule has 9 heteroatoms. The largest absolute Gasteiger partial charge is 1.00 e. The van der Waals surface area contributed by atoms with Crippen molar-refractivity contribution in [2.45, 2.75) is 20.8 Å². The van der Waals surface area contributed by atoms with E-state index < -0.39 is 11.9 Å². The molecule has 38 heavy (non-hydrogen) atoms. The van der Waals surface area contributed by atoms with Crippen molar-refractivity contribution in [2.24, 2.45) is 0 Å². The Hall–Kier alpha value is -3.00. The molecule has 0 spiro atoms. The average molecular weight is 559 g/mol. The van der Waals surface area contributed by atoms with E-state index in [1.54, 1.807) is 48.5 Å². The van der Waals surface area contributed by atoms with Crippen molar-refractivity contribution < 1.29 is 49.4 Å². The maximum Gasteiger partial charge on any atom is 1.00 e.